The summed E-state index contributed by atoms with van der Waals surface area (Å²) >= 11 is 0. The number of rotatable bonds is 2. The lowest BCUT2D eigenvalue weighted by Gasteiger charge is -2.02. The maximum atomic E-state index is 11.7. The summed E-state index contributed by atoms with van der Waals surface area (Å²) in [7, 11) is 1.59. The Kier molecular flexibility index (Phi) is 2.50. The Labute approximate surface area is 90.7 Å². The largest absolute Gasteiger partial charge is 0.507 e. The Hall–Kier alpha value is -2.44. The van der Waals surface area contributed by atoms with Crippen molar-refractivity contribution < 1.29 is 9.90 Å². The van der Waals surface area contributed by atoms with E-state index in [9.17, 15) is 9.90 Å². The topological polar surface area (TPSA) is 92.9 Å². The van der Waals surface area contributed by atoms with E-state index in [-0.39, 0.29) is 17.3 Å². The summed E-state index contributed by atoms with van der Waals surface area (Å²) < 4.78 is 0. The third-order valence-corrected chi connectivity index (χ3v) is 1.88. The van der Waals surface area contributed by atoms with Crippen LogP contribution < -0.4 is 5.32 Å². The minimum atomic E-state index is -0.480. The summed E-state index contributed by atoms with van der Waals surface area (Å²) in [6, 6.07) is 6.21. The fourth-order valence-electron chi connectivity index (χ4n) is 1.17. The van der Waals surface area contributed by atoms with E-state index < -0.39 is 5.91 Å². The molecule has 0 aliphatic heterocycles. The number of phenols is 1. The van der Waals surface area contributed by atoms with Crippen molar-refractivity contribution in [3.05, 3.63) is 29.8 Å². The van der Waals surface area contributed by atoms with Crippen LogP contribution >= 0.6 is 0 Å². The Morgan fingerprint density at radius 1 is 1.44 bits per heavy atom. The zero-order chi connectivity index (χ0) is 11.5. The van der Waals surface area contributed by atoms with Crippen LogP contribution in [0, 0.1) is 0 Å². The first kappa shape index (κ1) is 10.1. The number of para-hydroxylation sites is 1. The number of carbonyl (C=O) groups excluding carboxylic acids is 1. The molecule has 7 nitrogen and oxygen atoms in total. The highest BCUT2D eigenvalue weighted by Crippen LogP contribution is 2.16. The molecule has 16 heavy (non-hydrogen) atoms. The number of aryl methyl sites for hydroxylation is 1. The normalized spacial score (nSPS) is 10.1. The first-order chi connectivity index (χ1) is 7.66. The third-order valence-electron chi connectivity index (χ3n) is 1.88. The van der Waals surface area contributed by atoms with E-state index in [0.29, 0.717) is 0 Å². The summed E-state index contributed by atoms with van der Waals surface area (Å²) in [4.78, 5) is 12.9. The average Bonchev–Trinajstić information content (AvgIpc) is 2.64. The van der Waals surface area contributed by atoms with E-state index in [1.54, 1.807) is 19.2 Å². The smallest absolute Gasteiger partial charge is 0.270 e. The van der Waals surface area contributed by atoms with Crippen LogP contribution in [0.4, 0.5) is 5.95 Å². The van der Waals surface area contributed by atoms with Crippen molar-refractivity contribution >= 4 is 11.9 Å². The van der Waals surface area contributed by atoms with Gasteiger partial charge in [0, 0.05) is 0 Å². The molecule has 7 heteroatoms. The van der Waals surface area contributed by atoms with Crippen molar-refractivity contribution in [3.63, 3.8) is 0 Å². The van der Waals surface area contributed by atoms with E-state index in [1.807, 2.05) is 0 Å². The van der Waals surface area contributed by atoms with Gasteiger partial charge in [-0.25, -0.2) is 0 Å². The number of nitrogens with one attached hydrogen (secondary N) is 1. The fourth-order valence-corrected chi connectivity index (χ4v) is 1.17. The number of benzene rings is 1. The molecular formula is C9H9N5O2. The molecule has 82 valence electrons. The van der Waals surface area contributed by atoms with Gasteiger partial charge in [0.1, 0.15) is 5.75 Å². The van der Waals surface area contributed by atoms with Crippen LogP contribution in [-0.4, -0.2) is 31.2 Å². The van der Waals surface area contributed by atoms with Crippen LogP contribution in [0.3, 0.4) is 0 Å². The van der Waals surface area contributed by atoms with Crippen molar-refractivity contribution in [2.24, 2.45) is 7.05 Å². The lowest BCUT2D eigenvalue weighted by atomic mass is 10.2. The maximum Gasteiger partial charge on any atom is 0.270 e. The number of hydrogen-bond acceptors (Lipinski definition) is 5. The number of aromatic hydroxyl groups is 1. The number of carbonyl (C=O) groups is 1. The van der Waals surface area contributed by atoms with Crippen molar-refractivity contribution in [2.75, 3.05) is 5.32 Å². The maximum absolute atomic E-state index is 11.7. The van der Waals surface area contributed by atoms with Gasteiger partial charge in [0.25, 0.3) is 11.9 Å². The van der Waals surface area contributed by atoms with Gasteiger partial charge in [-0.15, -0.1) is 5.10 Å². The van der Waals surface area contributed by atoms with Crippen molar-refractivity contribution in [2.45, 2.75) is 0 Å². The second-order valence-electron chi connectivity index (χ2n) is 3.07. The fraction of sp³-hybridized carbons (Fsp3) is 0.111. The number of amides is 1. The van der Waals surface area contributed by atoms with Crippen LogP contribution in [0.25, 0.3) is 0 Å². The van der Waals surface area contributed by atoms with Crippen LogP contribution in [-0.2, 0) is 7.05 Å². The quantitative estimate of drug-likeness (QED) is 0.750. The summed E-state index contributed by atoms with van der Waals surface area (Å²) in [5, 5.41) is 22.8. The molecule has 0 bridgehead atoms. The number of tetrazole rings is 1. The lowest BCUT2D eigenvalue weighted by molar-refractivity contribution is 0.102. The van der Waals surface area contributed by atoms with Crippen LogP contribution in [0.5, 0.6) is 5.75 Å². The number of aromatic nitrogens is 4. The van der Waals surface area contributed by atoms with Crippen LogP contribution in [0.15, 0.2) is 24.3 Å². The highest BCUT2D eigenvalue weighted by Gasteiger charge is 2.12. The molecule has 0 radical (unpaired) electrons. The average molecular weight is 219 g/mol. The van der Waals surface area contributed by atoms with Gasteiger partial charge in [0.05, 0.1) is 12.6 Å². The molecule has 0 fully saturated rings. The van der Waals surface area contributed by atoms with Gasteiger partial charge in [-0.2, -0.15) is 4.80 Å². The molecule has 1 heterocycles. The number of phenolic OH excluding ortho intramolecular Hbond substituents is 1. The van der Waals surface area contributed by atoms with Crippen LogP contribution in [0.1, 0.15) is 10.4 Å². The summed E-state index contributed by atoms with van der Waals surface area (Å²) in [6.07, 6.45) is 0. The van der Waals surface area contributed by atoms with Crippen LogP contribution in [0.2, 0.25) is 0 Å². The van der Waals surface area contributed by atoms with E-state index in [4.69, 9.17) is 0 Å². The van der Waals surface area contributed by atoms with Crippen molar-refractivity contribution in [3.8, 4) is 5.75 Å². The van der Waals surface area contributed by atoms with Crippen molar-refractivity contribution in [1.82, 2.24) is 20.2 Å². The second kappa shape index (κ2) is 3.97. The van der Waals surface area contributed by atoms with E-state index in [1.165, 1.54) is 16.9 Å². The first-order valence-electron chi connectivity index (χ1n) is 4.50. The van der Waals surface area contributed by atoms with Gasteiger partial charge in [-0.3, -0.25) is 10.1 Å². The molecule has 1 aromatic heterocycles. The SMILES string of the molecule is Cn1nnc(NC(=O)c2ccccc2O)n1. The Balaban J connectivity index is 2.18. The molecule has 1 amide bonds. The van der Waals surface area contributed by atoms with Gasteiger partial charge in [0.2, 0.25) is 0 Å². The molecule has 2 aromatic rings. The zero-order valence-corrected chi connectivity index (χ0v) is 8.45. The minimum Gasteiger partial charge on any atom is -0.507 e. The number of nitrogens with zero attached hydrogens (tertiary/aromatic N) is 4. The first-order valence-corrected chi connectivity index (χ1v) is 4.50. The molecule has 2 rings (SSSR count). The number of anilines is 1. The van der Waals surface area contributed by atoms with E-state index in [2.05, 4.69) is 20.7 Å². The molecule has 0 atom stereocenters. The highest BCUT2D eigenvalue weighted by molar-refractivity contribution is 6.05. The summed E-state index contributed by atoms with van der Waals surface area (Å²) in [5.41, 5.74) is 0.162. The molecule has 2 N–H and O–H groups in total. The van der Waals surface area contributed by atoms with Gasteiger partial charge in [-0.05, 0) is 17.3 Å². The summed E-state index contributed by atoms with van der Waals surface area (Å²) in [6.45, 7) is 0. The summed E-state index contributed by atoms with van der Waals surface area (Å²) in [5.74, 6) is -0.481. The molecule has 0 unspecified atom stereocenters. The van der Waals surface area contributed by atoms with E-state index >= 15 is 0 Å². The molecule has 1 aromatic carbocycles. The third kappa shape index (κ3) is 1.97. The minimum absolute atomic E-state index is 0.0933. The van der Waals surface area contributed by atoms with Gasteiger partial charge < -0.3 is 5.11 Å². The van der Waals surface area contributed by atoms with Crippen molar-refractivity contribution in [1.29, 1.82) is 0 Å². The molecular weight excluding hydrogens is 210 g/mol. The Bertz CT molecular complexity index is 522. The van der Waals surface area contributed by atoms with Gasteiger partial charge >= 0.3 is 0 Å². The Morgan fingerprint density at radius 3 is 2.81 bits per heavy atom. The molecule has 0 aliphatic rings. The molecule has 0 aliphatic carbocycles. The predicted octanol–water partition coefficient (Wildman–Crippen LogP) is 0.168. The van der Waals surface area contributed by atoms with E-state index in [0.717, 1.165) is 0 Å². The second-order valence-corrected chi connectivity index (χ2v) is 3.07. The lowest BCUT2D eigenvalue weighted by Crippen LogP contribution is -2.13. The van der Waals surface area contributed by atoms with Gasteiger partial charge in [-0.1, -0.05) is 17.2 Å². The molecule has 0 saturated heterocycles. The zero-order valence-electron chi connectivity index (χ0n) is 8.45. The Morgan fingerprint density at radius 2 is 2.19 bits per heavy atom. The molecule has 0 saturated carbocycles. The highest BCUT2D eigenvalue weighted by atomic mass is 16.3. The molecule has 0 spiro atoms. The van der Waals surface area contributed by atoms with Gasteiger partial charge in [0.15, 0.2) is 0 Å². The predicted molar refractivity (Wildman–Crippen MR) is 54.9 cm³/mol. The number of hydrogen-bond donors (Lipinski definition) is 2. The standard InChI is InChI=1S/C9H9N5O2/c1-14-12-9(11-13-14)10-8(16)6-4-2-3-5-7(6)15/h2-5,15H,1H3,(H,10,12,16). The monoisotopic (exact) mass is 219 g/mol.